The van der Waals surface area contributed by atoms with E-state index in [1.165, 1.54) is 5.56 Å². The van der Waals surface area contributed by atoms with Gasteiger partial charge in [-0.15, -0.1) is 0 Å². The quantitative estimate of drug-likeness (QED) is 0.785. The Labute approximate surface area is 85.1 Å². The normalized spacial score (nSPS) is 10.8. The minimum Gasteiger partial charge on any atom is -0.310 e. The van der Waals surface area contributed by atoms with E-state index >= 15 is 0 Å². The lowest BCUT2D eigenvalue weighted by Gasteiger charge is -2.08. The Morgan fingerprint density at radius 2 is 2.08 bits per heavy atom. The average molecular weight is 198 g/mol. The molecule has 72 valence electrons. The molecular formula is C11H16ClN. The molecule has 0 fully saturated rings. The minimum absolute atomic E-state index is 0.524. The molecule has 1 rings (SSSR count). The monoisotopic (exact) mass is 197 g/mol. The molecule has 0 saturated heterocycles. The molecular weight excluding hydrogens is 182 g/mol. The lowest BCUT2D eigenvalue weighted by atomic mass is 10.1. The molecule has 0 unspecified atom stereocenters. The van der Waals surface area contributed by atoms with Crippen molar-refractivity contribution in [2.45, 2.75) is 33.4 Å². The highest BCUT2D eigenvalue weighted by molar-refractivity contribution is 6.31. The van der Waals surface area contributed by atoms with Gasteiger partial charge in [-0.2, -0.15) is 0 Å². The zero-order chi connectivity index (χ0) is 9.84. The Kier molecular flexibility index (Phi) is 3.76. The predicted molar refractivity (Wildman–Crippen MR) is 58.2 cm³/mol. The molecule has 1 nitrogen and oxygen atoms in total. The first-order valence-electron chi connectivity index (χ1n) is 4.58. The Morgan fingerprint density at radius 3 is 2.62 bits per heavy atom. The van der Waals surface area contributed by atoms with Crippen LogP contribution in [-0.2, 0) is 6.54 Å². The van der Waals surface area contributed by atoms with Crippen LogP contribution in [0.15, 0.2) is 18.2 Å². The van der Waals surface area contributed by atoms with Crippen LogP contribution in [0.3, 0.4) is 0 Å². The fourth-order valence-corrected chi connectivity index (χ4v) is 1.26. The van der Waals surface area contributed by atoms with E-state index in [1.807, 2.05) is 13.0 Å². The van der Waals surface area contributed by atoms with Gasteiger partial charge in [0.2, 0.25) is 0 Å². The van der Waals surface area contributed by atoms with Gasteiger partial charge in [0.25, 0.3) is 0 Å². The van der Waals surface area contributed by atoms with Crippen LogP contribution in [-0.4, -0.2) is 6.04 Å². The number of nitrogens with one attached hydrogen (secondary N) is 1. The molecule has 1 aromatic carbocycles. The summed E-state index contributed by atoms with van der Waals surface area (Å²) < 4.78 is 0. The van der Waals surface area contributed by atoms with Crippen LogP contribution in [0.2, 0.25) is 5.02 Å². The zero-order valence-electron chi connectivity index (χ0n) is 8.39. The van der Waals surface area contributed by atoms with Crippen molar-refractivity contribution >= 4 is 11.6 Å². The molecule has 1 aromatic rings. The van der Waals surface area contributed by atoms with Crippen molar-refractivity contribution in [3.05, 3.63) is 34.3 Å². The second-order valence-electron chi connectivity index (χ2n) is 3.62. The summed E-state index contributed by atoms with van der Waals surface area (Å²) in [6, 6.07) is 6.66. The number of aryl methyl sites for hydroxylation is 1. The summed E-state index contributed by atoms with van der Waals surface area (Å²) in [6.07, 6.45) is 0. The molecule has 0 saturated carbocycles. The number of benzene rings is 1. The fraction of sp³-hybridized carbons (Fsp3) is 0.455. The largest absolute Gasteiger partial charge is 0.310 e. The topological polar surface area (TPSA) is 12.0 Å². The van der Waals surface area contributed by atoms with Gasteiger partial charge in [-0.1, -0.05) is 37.6 Å². The zero-order valence-corrected chi connectivity index (χ0v) is 9.15. The first-order valence-corrected chi connectivity index (χ1v) is 4.96. The van der Waals surface area contributed by atoms with Crippen LogP contribution >= 0.6 is 11.6 Å². The van der Waals surface area contributed by atoms with Gasteiger partial charge < -0.3 is 5.32 Å². The maximum atomic E-state index is 5.92. The summed E-state index contributed by atoms with van der Waals surface area (Å²) in [6.45, 7) is 7.22. The summed E-state index contributed by atoms with van der Waals surface area (Å²) in [5, 5.41) is 4.21. The van der Waals surface area contributed by atoms with Gasteiger partial charge in [0.1, 0.15) is 0 Å². The molecule has 0 atom stereocenters. The SMILES string of the molecule is Cc1cc(CNC(C)C)ccc1Cl. The average Bonchev–Trinajstić information content (AvgIpc) is 2.07. The Hall–Kier alpha value is -0.530. The van der Waals surface area contributed by atoms with Crippen LogP contribution in [0.4, 0.5) is 0 Å². The second kappa shape index (κ2) is 4.64. The molecule has 0 bridgehead atoms. The number of hydrogen-bond acceptors (Lipinski definition) is 1. The van der Waals surface area contributed by atoms with Crippen molar-refractivity contribution in [2.75, 3.05) is 0 Å². The molecule has 0 spiro atoms. The number of hydrogen-bond donors (Lipinski definition) is 1. The third kappa shape index (κ3) is 3.37. The van der Waals surface area contributed by atoms with Gasteiger partial charge in [0.05, 0.1) is 0 Å². The third-order valence-corrected chi connectivity index (χ3v) is 2.36. The van der Waals surface area contributed by atoms with Gasteiger partial charge >= 0.3 is 0 Å². The van der Waals surface area contributed by atoms with Crippen LogP contribution in [0.25, 0.3) is 0 Å². The Morgan fingerprint density at radius 1 is 1.38 bits per heavy atom. The molecule has 0 heterocycles. The highest BCUT2D eigenvalue weighted by atomic mass is 35.5. The first kappa shape index (κ1) is 10.6. The maximum Gasteiger partial charge on any atom is 0.0435 e. The predicted octanol–water partition coefficient (Wildman–Crippen LogP) is 3.15. The van der Waals surface area contributed by atoms with Gasteiger partial charge in [-0.05, 0) is 24.1 Å². The van der Waals surface area contributed by atoms with E-state index in [2.05, 4.69) is 31.3 Å². The van der Waals surface area contributed by atoms with E-state index in [4.69, 9.17) is 11.6 Å². The van der Waals surface area contributed by atoms with E-state index in [9.17, 15) is 0 Å². The summed E-state index contributed by atoms with van der Waals surface area (Å²) in [5.74, 6) is 0. The van der Waals surface area contributed by atoms with Crippen molar-refractivity contribution in [2.24, 2.45) is 0 Å². The Balaban J connectivity index is 2.63. The Bertz CT molecular complexity index is 281. The van der Waals surface area contributed by atoms with Crippen molar-refractivity contribution < 1.29 is 0 Å². The van der Waals surface area contributed by atoms with Gasteiger partial charge in [-0.25, -0.2) is 0 Å². The highest BCUT2D eigenvalue weighted by Gasteiger charge is 1.98. The minimum atomic E-state index is 0.524. The standard InChI is InChI=1S/C11H16ClN/c1-8(2)13-7-10-4-5-11(12)9(3)6-10/h4-6,8,13H,7H2,1-3H3. The smallest absolute Gasteiger partial charge is 0.0435 e. The fourth-order valence-electron chi connectivity index (χ4n) is 1.14. The molecule has 0 radical (unpaired) electrons. The maximum absolute atomic E-state index is 5.92. The molecule has 0 aliphatic carbocycles. The van der Waals surface area contributed by atoms with Gasteiger partial charge in [-0.3, -0.25) is 0 Å². The van der Waals surface area contributed by atoms with Gasteiger partial charge in [0.15, 0.2) is 0 Å². The van der Waals surface area contributed by atoms with Crippen molar-refractivity contribution in [1.82, 2.24) is 5.32 Å². The van der Waals surface area contributed by atoms with Crippen LogP contribution < -0.4 is 5.32 Å². The van der Waals surface area contributed by atoms with Crippen molar-refractivity contribution in [3.63, 3.8) is 0 Å². The van der Waals surface area contributed by atoms with Gasteiger partial charge in [0, 0.05) is 17.6 Å². The third-order valence-electron chi connectivity index (χ3n) is 1.94. The number of rotatable bonds is 3. The van der Waals surface area contributed by atoms with Crippen LogP contribution in [0, 0.1) is 6.92 Å². The van der Waals surface area contributed by atoms with Crippen molar-refractivity contribution in [1.29, 1.82) is 0 Å². The first-order chi connectivity index (χ1) is 6.09. The van der Waals surface area contributed by atoms with Crippen LogP contribution in [0.1, 0.15) is 25.0 Å². The molecule has 0 amide bonds. The van der Waals surface area contributed by atoms with E-state index in [1.54, 1.807) is 0 Å². The lowest BCUT2D eigenvalue weighted by Crippen LogP contribution is -2.21. The number of halogens is 1. The highest BCUT2D eigenvalue weighted by Crippen LogP contribution is 2.16. The van der Waals surface area contributed by atoms with E-state index in [0.29, 0.717) is 6.04 Å². The van der Waals surface area contributed by atoms with E-state index in [-0.39, 0.29) is 0 Å². The van der Waals surface area contributed by atoms with E-state index in [0.717, 1.165) is 17.1 Å². The lowest BCUT2D eigenvalue weighted by molar-refractivity contribution is 0.588. The summed E-state index contributed by atoms with van der Waals surface area (Å²) in [4.78, 5) is 0. The van der Waals surface area contributed by atoms with Crippen molar-refractivity contribution in [3.8, 4) is 0 Å². The summed E-state index contributed by atoms with van der Waals surface area (Å²) >= 11 is 5.92. The van der Waals surface area contributed by atoms with Crippen LogP contribution in [0.5, 0.6) is 0 Å². The second-order valence-corrected chi connectivity index (χ2v) is 4.03. The summed E-state index contributed by atoms with van der Waals surface area (Å²) in [5.41, 5.74) is 2.43. The van der Waals surface area contributed by atoms with E-state index < -0.39 is 0 Å². The molecule has 2 heteroatoms. The molecule has 0 aliphatic heterocycles. The molecule has 13 heavy (non-hydrogen) atoms. The summed E-state index contributed by atoms with van der Waals surface area (Å²) in [7, 11) is 0. The molecule has 0 aromatic heterocycles. The molecule has 0 aliphatic rings. The molecule has 1 N–H and O–H groups in total.